The van der Waals surface area contributed by atoms with Gasteiger partial charge in [-0.05, 0) is 33.6 Å². The zero-order valence-electron chi connectivity index (χ0n) is 11.4. The van der Waals surface area contributed by atoms with Crippen LogP contribution < -0.4 is 0 Å². The molecule has 1 saturated carbocycles. The number of terminal acetylenes is 1. The number of hydrogen-bond donors (Lipinski definition) is 0. The van der Waals surface area contributed by atoms with Crippen LogP contribution in [0.5, 0.6) is 0 Å². The van der Waals surface area contributed by atoms with Gasteiger partial charge >= 0.3 is 6.09 Å². The highest BCUT2D eigenvalue weighted by atomic mass is 16.6. The standard InChI is InChI=1S/C14H21NO3/c1-5-11-8-14(9-11)10-15(6-7-17-14)12(16)18-13(2,3)4/h1,11H,6-10H2,2-4H3. The van der Waals surface area contributed by atoms with Gasteiger partial charge in [0.1, 0.15) is 5.60 Å². The molecule has 0 bridgehead atoms. The number of rotatable bonds is 0. The molecule has 100 valence electrons. The average Bonchev–Trinajstić information content (AvgIpc) is 2.23. The van der Waals surface area contributed by atoms with E-state index in [0.29, 0.717) is 25.6 Å². The minimum atomic E-state index is -0.455. The molecular formula is C14H21NO3. The number of nitrogens with zero attached hydrogens (tertiary/aromatic N) is 1. The molecule has 0 aromatic heterocycles. The Morgan fingerprint density at radius 2 is 2.17 bits per heavy atom. The molecule has 2 fully saturated rings. The van der Waals surface area contributed by atoms with Gasteiger partial charge in [0.25, 0.3) is 0 Å². The van der Waals surface area contributed by atoms with E-state index in [-0.39, 0.29) is 11.7 Å². The van der Waals surface area contributed by atoms with E-state index in [1.165, 1.54) is 0 Å². The van der Waals surface area contributed by atoms with Crippen molar-refractivity contribution in [2.24, 2.45) is 5.92 Å². The molecule has 1 aliphatic carbocycles. The van der Waals surface area contributed by atoms with Crippen LogP contribution in [0.2, 0.25) is 0 Å². The molecule has 4 nitrogen and oxygen atoms in total. The predicted molar refractivity (Wildman–Crippen MR) is 68.0 cm³/mol. The first kappa shape index (κ1) is 13.2. The highest BCUT2D eigenvalue weighted by Gasteiger charge is 2.48. The quantitative estimate of drug-likeness (QED) is 0.618. The Labute approximate surface area is 109 Å². The van der Waals surface area contributed by atoms with E-state index in [1.54, 1.807) is 4.90 Å². The van der Waals surface area contributed by atoms with Gasteiger partial charge in [0.2, 0.25) is 0 Å². The minimum Gasteiger partial charge on any atom is -0.444 e. The topological polar surface area (TPSA) is 38.8 Å². The third kappa shape index (κ3) is 2.78. The lowest BCUT2D eigenvalue weighted by atomic mass is 9.70. The lowest BCUT2D eigenvalue weighted by Gasteiger charge is -2.50. The molecule has 0 N–H and O–H groups in total. The van der Waals surface area contributed by atoms with Crippen LogP contribution in [-0.2, 0) is 9.47 Å². The molecule has 4 heteroatoms. The second-order valence-corrected chi connectivity index (χ2v) is 6.21. The summed E-state index contributed by atoms with van der Waals surface area (Å²) in [5.41, 5.74) is -0.671. The van der Waals surface area contributed by atoms with E-state index < -0.39 is 5.60 Å². The number of amides is 1. The molecule has 0 atom stereocenters. The lowest BCUT2D eigenvalue weighted by molar-refractivity contribution is -0.160. The normalized spacial score (nSPS) is 31.7. The highest BCUT2D eigenvalue weighted by molar-refractivity contribution is 5.68. The zero-order chi connectivity index (χ0) is 13.4. The first-order valence-electron chi connectivity index (χ1n) is 6.42. The van der Waals surface area contributed by atoms with Crippen LogP contribution in [0.15, 0.2) is 0 Å². The molecule has 0 radical (unpaired) electrons. The van der Waals surface area contributed by atoms with E-state index in [2.05, 4.69) is 5.92 Å². The summed E-state index contributed by atoms with van der Waals surface area (Å²) in [6, 6.07) is 0. The second-order valence-electron chi connectivity index (χ2n) is 6.21. The number of morpholine rings is 1. The molecule has 1 aliphatic heterocycles. The van der Waals surface area contributed by atoms with Crippen LogP contribution in [-0.4, -0.2) is 41.9 Å². The number of ether oxygens (including phenoxy) is 2. The summed E-state index contributed by atoms with van der Waals surface area (Å²) in [6.45, 7) is 7.38. The van der Waals surface area contributed by atoms with Gasteiger partial charge < -0.3 is 14.4 Å². The molecule has 1 amide bonds. The largest absolute Gasteiger partial charge is 0.444 e. The predicted octanol–water partition coefficient (Wildman–Crippen LogP) is 2.04. The summed E-state index contributed by atoms with van der Waals surface area (Å²) in [5, 5.41) is 0. The minimum absolute atomic E-state index is 0.216. The fraction of sp³-hybridized carbons (Fsp3) is 0.786. The van der Waals surface area contributed by atoms with Crippen molar-refractivity contribution >= 4 is 6.09 Å². The number of hydrogen-bond acceptors (Lipinski definition) is 3. The Balaban J connectivity index is 1.92. The fourth-order valence-corrected chi connectivity index (χ4v) is 2.53. The molecule has 1 heterocycles. The van der Waals surface area contributed by atoms with Gasteiger partial charge in [-0.2, -0.15) is 0 Å². The Morgan fingerprint density at radius 1 is 1.50 bits per heavy atom. The molecule has 0 unspecified atom stereocenters. The van der Waals surface area contributed by atoms with E-state index >= 15 is 0 Å². The van der Waals surface area contributed by atoms with Crippen LogP contribution in [0.1, 0.15) is 33.6 Å². The molecule has 0 aromatic rings. The summed E-state index contributed by atoms with van der Waals surface area (Å²) in [7, 11) is 0. The summed E-state index contributed by atoms with van der Waals surface area (Å²) in [4.78, 5) is 13.7. The van der Waals surface area contributed by atoms with Gasteiger partial charge in [0, 0.05) is 12.5 Å². The highest BCUT2D eigenvalue weighted by Crippen LogP contribution is 2.42. The molecule has 18 heavy (non-hydrogen) atoms. The second kappa shape index (κ2) is 4.47. The van der Waals surface area contributed by atoms with E-state index in [0.717, 1.165) is 12.8 Å². The summed E-state index contributed by atoms with van der Waals surface area (Å²) < 4.78 is 11.2. The molecule has 1 spiro atoms. The third-order valence-electron chi connectivity index (χ3n) is 3.37. The summed E-state index contributed by atoms with van der Waals surface area (Å²) in [6.07, 6.45) is 6.84. The molecule has 2 aliphatic rings. The average molecular weight is 251 g/mol. The van der Waals surface area contributed by atoms with E-state index in [9.17, 15) is 4.79 Å². The number of carbonyl (C=O) groups is 1. The Kier molecular flexibility index (Phi) is 3.29. The maximum Gasteiger partial charge on any atom is 0.410 e. The van der Waals surface area contributed by atoms with Crippen LogP contribution in [0.4, 0.5) is 4.79 Å². The number of carbonyl (C=O) groups excluding carboxylic acids is 1. The zero-order valence-corrected chi connectivity index (χ0v) is 11.4. The summed E-state index contributed by atoms with van der Waals surface area (Å²) in [5.74, 6) is 3.04. The molecule has 0 aromatic carbocycles. The van der Waals surface area contributed by atoms with Crippen LogP contribution >= 0.6 is 0 Å². The van der Waals surface area contributed by atoms with Gasteiger partial charge in [-0.25, -0.2) is 4.79 Å². The van der Waals surface area contributed by atoms with Crippen molar-refractivity contribution in [1.29, 1.82) is 0 Å². The third-order valence-corrected chi connectivity index (χ3v) is 3.37. The van der Waals surface area contributed by atoms with Crippen molar-refractivity contribution in [2.45, 2.75) is 44.8 Å². The van der Waals surface area contributed by atoms with Crippen LogP contribution in [0, 0.1) is 18.3 Å². The van der Waals surface area contributed by atoms with E-state index in [1.807, 2.05) is 20.8 Å². The van der Waals surface area contributed by atoms with Crippen molar-refractivity contribution < 1.29 is 14.3 Å². The fourth-order valence-electron chi connectivity index (χ4n) is 2.53. The van der Waals surface area contributed by atoms with Crippen molar-refractivity contribution in [1.82, 2.24) is 4.90 Å². The Bertz CT molecular complexity index is 371. The SMILES string of the molecule is C#CC1CC2(C1)CN(C(=O)OC(C)(C)C)CCO2. The van der Waals surface area contributed by atoms with Gasteiger partial charge in [-0.1, -0.05) is 0 Å². The van der Waals surface area contributed by atoms with Gasteiger partial charge in [-0.15, -0.1) is 12.3 Å². The van der Waals surface area contributed by atoms with Crippen molar-refractivity contribution in [3.63, 3.8) is 0 Å². The maximum atomic E-state index is 12.0. The van der Waals surface area contributed by atoms with Gasteiger partial charge in [-0.3, -0.25) is 0 Å². The Morgan fingerprint density at radius 3 is 2.72 bits per heavy atom. The molecule has 1 saturated heterocycles. The maximum absolute atomic E-state index is 12.0. The smallest absolute Gasteiger partial charge is 0.410 e. The van der Waals surface area contributed by atoms with Crippen LogP contribution in [0.25, 0.3) is 0 Å². The first-order chi connectivity index (χ1) is 8.34. The van der Waals surface area contributed by atoms with Gasteiger partial charge in [0.05, 0.1) is 18.8 Å². The molecular weight excluding hydrogens is 230 g/mol. The van der Waals surface area contributed by atoms with Crippen molar-refractivity contribution in [3.8, 4) is 12.3 Å². The van der Waals surface area contributed by atoms with Crippen molar-refractivity contribution in [2.75, 3.05) is 19.7 Å². The van der Waals surface area contributed by atoms with E-state index in [4.69, 9.17) is 15.9 Å². The molecule has 2 rings (SSSR count). The Hall–Kier alpha value is -1.21. The monoisotopic (exact) mass is 251 g/mol. The summed E-state index contributed by atoms with van der Waals surface area (Å²) >= 11 is 0. The van der Waals surface area contributed by atoms with Crippen molar-refractivity contribution in [3.05, 3.63) is 0 Å². The first-order valence-corrected chi connectivity index (χ1v) is 6.42. The lowest BCUT2D eigenvalue weighted by Crippen LogP contribution is -2.60. The van der Waals surface area contributed by atoms with Gasteiger partial charge in [0.15, 0.2) is 0 Å². The van der Waals surface area contributed by atoms with Crippen LogP contribution in [0.3, 0.4) is 0 Å².